The Morgan fingerprint density at radius 1 is 1.02 bits per heavy atom. The van der Waals surface area contributed by atoms with E-state index in [0.717, 1.165) is 33.3 Å². The number of likely N-dealkylation sites (N-methyl/N-ethyl adjacent to an activating group) is 1. The first kappa shape index (κ1) is 27.0. The van der Waals surface area contributed by atoms with Gasteiger partial charge in [-0.2, -0.15) is 0 Å². The Morgan fingerprint density at radius 3 is 2.41 bits per heavy atom. The normalized spacial score (nSPS) is 15.2. The van der Waals surface area contributed by atoms with E-state index in [-0.39, 0.29) is 11.5 Å². The lowest BCUT2D eigenvalue weighted by Gasteiger charge is -2.29. The molecule has 206 valence electrons. The molecule has 1 amide bonds. The van der Waals surface area contributed by atoms with Crippen molar-refractivity contribution in [2.75, 3.05) is 13.1 Å². The highest BCUT2D eigenvalue weighted by molar-refractivity contribution is 7.07. The van der Waals surface area contributed by atoms with Gasteiger partial charge in [-0.1, -0.05) is 83.6 Å². The van der Waals surface area contributed by atoms with Gasteiger partial charge in [0.2, 0.25) is 0 Å². The maximum absolute atomic E-state index is 14.3. The Balaban J connectivity index is 1.60. The molecule has 1 N–H and O–H groups in total. The molecule has 6 rings (SSSR count). The molecule has 0 saturated carbocycles. The lowest BCUT2D eigenvalue weighted by Crippen LogP contribution is -2.43. The Labute approximate surface area is 246 Å². The van der Waals surface area contributed by atoms with Gasteiger partial charge in [-0.15, -0.1) is 0 Å². The standard InChI is InChI=1S/C33H29ClN4O2S/c1-4-37(5-2)32(40)28-20(3)35-33-38(30(28)22-15-17-23(34)18-16-22)31(39)27(41-33)19-25-24-13-9-10-14-26(24)36-29(25)21-11-7-6-8-12-21/h6-19,30,36H,4-5H2,1-3H3/b27-19+/t30-/m1/s1. The van der Waals surface area contributed by atoms with Crippen LogP contribution in [0.5, 0.6) is 0 Å². The minimum atomic E-state index is -0.615. The lowest BCUT2D eigenvalue weighted by atomic mass is 9.94. The number of thiazole rings is 1. The number of H-pyrrole nitrogens is 1. The van der Waals surface area contributed by atoms with Gasteiger partial charge < -0.3 is 9.88 Å². The number of aromatic amines is 1. The van der Waals surface area contributed by atoms with Crippen LogP contribution in [0.3, 0.4) is 0 Å². The Kier molecular flexibility index (Phi) is 7.24. The number of carbonyl (C=O) groups excluding carboxylic acids is 1. The number of amides is 1. The summed E-state index contributed by atoms with van der Waals surface area (Å²) >= 11 is 7.56. The molecular formula is C33H29ClN4O2S. The molecule has 1 aliphatic rings. The van der Waals surface area contributed by atoms with Gasteiger partial charge in [0.15, 0.2) is 4.80 Å². The van der Waals surface area contributed by atoms with E-state index in [9.17, 15) is 9.59 Å². The van der Waals surface area contributed by atoms with Gasteiger partial charge in [-0.05, 0) is 56.2 Å². The Morgan fingerprint density at radius 2 is 1.71 bits per heavy atom. The number of carbonyl (C=O) groups is 1. The third-order valence-corrected chi connectivity index (χ3v) is 8.81. The Bertz CT molecular complexity index is 1980. The first-order chi connectivity index (χ1) is 19.9. The van der Waals surface area contributed by atoms with Crippen LogP contribution in [0.15, 0.2) is 99.9 Å². The molecule has 0 saturated heterocycles. The summed E-state index contributed by atoms with van der Waals surface area (Å²) in [5, 5.41) is 1.62. The number of para-hydroxylation sites is 1. The second kappa shape index (κ2) is 11.0. The van der Waals surface area contributed by atoms with Crippen LogP contribution in [0.4, 0.5) is 0 Å². The number of hydrogen-bond donors (Lipinski definition) is 1. The third kappa shape index (κ3) is 4.75. The molecule has 1 aliphatic heterocycles. The summed E-state index contributed by atoms with van der Waals surface area (Å²) in [5.74, 6) is -0.117. The summed E-state index contributed by atoms with van der Waals surface area (Å²) in [4.78, 5) is 38.8. The van der Waals surface area contributed by atoms with Crippen LogP contribution in [-0.2, 0) is 4.79 Å². The number of nitrogens with zero attached hydrogens (tertiary/aromatic N) is 3. The zero-order chi connectivity index (χ0) is 28.7. The minimum absolute atomic E-state index is 0.117. The van der Waals surface area contributed by atoms with Crippen molar-refractivity contribution < 1.29 is 4.79 Å². The number of rotatable bonds is 6. The third-order valence-electron chi connectivity index (χ3n) is 7.57. The fraction of sp³-hybridized carbons (Fsp3) is 0.182. The van der Waals surface area contributed by atoms with E-state index in [1.165, 1.54) is 11.3 Å². The van der Waals surface area contributed by atoms with Crippen molar-refractivity contribution in [2.24, 2.45) is 4.99 Å². The SMILES string of the molecule is CCN(CC)C(=O)C1=C(C)N=c2s/c(=C/c3c(-c4ccccc4)[nH]c4ccccc34)c(=O)n2[C@@H]1c1ccc(Cl)cc1. The number of hydrogen-bond acceptors (Lipinski definition) is 4. The van der Waals surface area contributed by atoms with Gasteiger partial charge in [0.05, 0.1) is 27.5 Å². The van der Waals surface area contributed by atoms with Crippen LogP contribution < -0.4 is 14.9 Å². The van der Waals surface area contributed by atoms with Gasteiger partial charge in [-0.25, -0.2) is 4.99 Å². The van der Waals surface area contributed by atoms with Crippen LogP contribution in [-0.4, -0.2) is 33.4 Å². The molecule has 3 aromatic carbocycles. The second-order valence-electron chi connectivity index (χ2n) is 9.94. The maximum atomic E-state index is 14.3. The first-order valence-electron chi connectivity index (χ1n) is 13.6. The van der Waals surface area contributed by atoms with E-state index < -0.39 is 6.04 Å². The van der Waals surface area contributed by atoms with Gasteiger partial charge in [-0.3, -0.25) is 14.2 Å². The van der Waals surface area contributed by atoms with Crippen LogP contribution in [0, 0.1) is 0 Å². The van der Waals surface area contributed by atoms with E-state index in [2.05, 4.69) is 23.2 Å². The van der Waals surface area contributed by atoms with Crippen molar-refractivity contribution in [3.63, 3.8) is 0 Å². The monoisotopic (exact) mass is 580 g/mol. The molecule has 0 bridgehead atoms. The topological polar surface area (TPSA) is 70.5 Å². The van der Waals surface area contributed by atoms with Gasteiger partial charge in [0, 0.05) is 34.6 Å². The van der Waals surface area contributed by atoms with E-state index in [4.69, 9.17) is 16.6 Å². The summed E-state index contributed by atoms with van der Waals surface area (Å²) in [5.41, 5.74) is 5.66. The minimum Gasteiger partial charge on any atom is -0.354 e. The number of halogens is 1. The molecule has 0 unspecified atom stereocenters. The summed E-state index contributed by atoms with van der Waals surface area (Å²) in [7, 11) is 0. The summed E-state index contributed by atoms with van der Waals surface area (Å²) in [6.45, 7) is 6.88. The summed E-state index contributed by atoms with van der Waals surface area (Å²) in [6, 6.07) is 24.9. The molecule has 0 radical (unpaired) electrons. The van der Waals surface area contributed by atoms with Crippen molar-refractivity contribution >= 4 is 45.8 Å². The van der Waals surface area contributed by atoms with Gasteiger partial charge >= 0.3 is 0 Å². The quantitative estimate of drug-likeness (QED) is 0.271. The van der Waals surface area contributed by atoms with Crippen LogP contribution in [0.1, 0.15) is 37.9 Å². The van der Waals surface area contributed by atoms with Crippen molar-refractivity contribution in [2.45, 2.75) is 26.8 Å². The molecule has 41 heavy (non-hydrogen) atoms. The van der Waals surface area contributed by atoms with Crippen molar-refractivity contribution in [1.82, 2.24) is 14.5 Å². The van der Waals surface area contributed by atoms with Crippen molar-refractivity contribution in [1.29, 1.82) is 0 Å². The first-order valence-corrected chi connectivity index (χ1v) is 14.8. The smallest absolute Gasteiger partial charge is 0.271 e. The molecule has 0 aliphatic carbocycles. The van der Waals surface area contributed by atoms with Crippen LogP contribution in [0.2, 0.25) is 5.02 Å². The summed E-state index contributed by atoms with van der Waals surface area (Å²) in [6.07, 6.45) is 1.95. The number of benzene rings is 3. The molecule has 2 aromatic heterocycles. The van der Waals surface area contributed by atoms with E-state index in [1.807, 2.05) is 75.4 Å². The number of nitrogens with one attached hydrogen (secondary N) is 1. The number of allylic oxidation sites excluding steroid dienone is 1. The zero-order valence-electron chi connectivity index (χ0n) is 23.0. The second-order valence-corrected chi connectivity index (χ2v) is 11.4. The highest BCUT2D eigenvalue weighted by atomic mass is 35.5. The molecule has 0 spiro atoms. The Hall–Kier alpha value is -4.20. The molecule has 3 heterocycles. The average molecular weight is 581 g/mol. The average Bonchev–Trinajstić information content (AvgIpc) is 3.51. The van der Waals surface area contributed by atoms with Gasteiger partial charge in [0.1, 0.15) is 0 Å². The molecule has 5 aromatic rings. The highest BCUT2D eigenvalue weighted by Gasteiger charge is 2.34. The lowest BCUT2D eigenvalue weighted by molar-refractivity contribution is -0.127. The molecule has 0 fully saturated rings. The van der Waals surface area contributed by atoms with Crippen molar-refractivity contribution in [3.8, 4) is 11.3 Å². The van der Waals surface area contributed by atoms with E-state index in [0.29, 0.717) is 38.7 Å². The largest absolute Gasteiger partial charge is 0.354 e. The van der Waals surface area contributed by atoms with Crippen LogP contribution >= 0.6 is 22.9 Å². The van der Waals surface area contributed by atoms with Crippen LogP contribution in [0.25, 0.3) is 28.2 Å². The van der Waals surface area contributed by atoms with Crippen molar-refractivity contribution in [3.05, 3.63) is 126 Å². The van der Waals surface area contributed by atoms with Gasteiger partial charge in [0.25, 0.3) is 11.5 Å². The highest BCUT2D eigenvalue weighted by Crippen LogP contribution is 2.33. The fourth-order valence-electron chi connectivity index (χ4n) is 5.51. The molecular weight excluding hydrogens is 552 g/mol. The zero-order valence-corrected chi connectivity index (χ0v) is 24.6. The molecule has 1 atom stereocenters. The summed E-state index contributed by atoms with van der Waals surface area (Å²) < 4.78 is 2.22. The predicted molar refractivity (Wildman–Crippen MR) is 167 cm³/mol. The van der Waals surface area contributed by atoms with E-state index in [1.54, 1.807) is 21.6 Å². The molecule has 8 heteroatoms. The number of fused-ring (bicyclic) bond motifs is 2. The van der Waals surface area contributed by atoms with E-state index >= 15 is 0 Å². The number of aromatic nitrogens is 2. The molecule has 6 nitrogen and oxygen atoms in total. The fourth-order valence-corrected chi connectivity index (χ4v) is 6.67. The maximum Gasteiger partial charge on any atom is 0.271 e. The predicted octanol–water partition coefficient (Wildman–Crippen LogP) is 5.91.